The molecule has 0 nitrogen and oxygen atoms in total. The number of hydrogen-bond donors (Lipinski definition) is 0. The predicted molar refractivity (Wildman–Crippen MR) is 34.5 cm³/mol. The zero-order chi connectivity index (χ0) is 5.72. The Morgan fingerprint density at radius 3 is 2.12 bits per heavy atom. The van der Waals surface area contributed by atoms with Crippen molar-refractivity contribution in [3.05, 3.63) is 0 Å². The first-order valence-corrected chi connectivity index (χ1v) is 3.79. The molecule has 0 heteroatoms. The van der Waals surface area contributed by atoms with Gasteiger partial charge in [0.25, 0.3) is 0 Å². The molecule has 2 unspecified atom stereocenters. The molecule has 0 heterocycles. The molecule has 2 rings (SSSR count). The van der Waals surface area contributed by atoms with Gasteiger partial charge in [0, 0.05) is 0 Å². The van der Waals surface area contributed by atoms with E-state index in [0.717, 1.165) is 17.8 Å². The molecule has 0 saturated heterocycles. The van der Waals surface area contributed by atoms with E-state index >= 15 is 0 Å². The minimum absolute atomic E-state index is 1.04. The third kappa shape index (κ3) is 0.463. The van der Waals surface area contributed by atoms with Crippen molar-refractivity contribution in [1.82, 2.24) is 0 Å². The third-order valence-corrected chi connectivity index (χ3v) is 3.22. The second-order valence-electron chi connectivity index (χ2n) is 3.73. The highest BCUT2D eigenvalue weighted by molar-refractivity contribution is 4.98. The van der Waals surface area contributed by atoms with E-state index in [0.29, 0.717) is 0 Å². The maximum absolute atomic E-state index is 2.42. The van der Waals surface area contributed by atoms with Crippen molar-refractivity contribution in [3.8, 4) is 0 Å². The van der Waals surface area contributed by atoms with Gasteiger partial charge in [-0.05, 0) is 36.5 Å². The van der Waals surface area contributed by atoms with Gasteiger partial charge in [-0.1, -0.05) is 13.8 Å². The van der Waals surface area contributed by atoms with Gasteiger partial charge in [0.2, 0.25) is 0 Å². The Bertz CT molecular complexity index is 105. The quantitative estimate of drug-likeness (QED) is 0.449. The van der Waals surface area contributed by atoms with Crippen LogP contribution < -0.4 is 0 Å². The van der Waals surface area contributed by atoms with Crippen LogP contribution in [-0.4, -0.2) is 0 Å². The highest BCUT2D eigenvalue weighted by Gasteiger charge is 2.49. The summed E-state index contributed by atoms with van der Waals surface area (Å²) in [4.78, 5) is 0. The van der Waals surface area contributed by atoms with Crippen molar-refractivity contribution < 1.29 is 0 Å². The van der Waals surface area contributed by atoms with E-state index < -0.39 is 0 Å². The van der Waals surface area contributed by atoms with Gasteiger partial charge in [0.1, 0.15) is 0 Å². The zero-order valence-electron chi connectivity index (χ0n) is 5.72. The van der Waals surface area contributed by atoms with Crippen LogP contribution in [0.15, 0.2) is 0 Å². The topological polar surface area (TPSA) is 0 Å². The molecule has 0 aliphatic heterocycles. The second kappa shape index (κ2) is 1.29. The number of rotatable bonds is 0. The van der Waals surface area contributed by atoms with E-state index in [1.807, 2.05) is 0 Å². The summed E-state index contributed by atoms with van der Waals surface area (Å²) >= 11 is 0. The average Bonchev–Trinajstić information content (AvgIpc) is 2.39. The van der Waals surface area contributed by atoms with E-state index in [1.54, 1.807) is 6.42 Å². The van der Waals surface area contributed by atoms with Gasteiger partial charge < -0.3 is 0 Å². The van der Waals surface area contributed by atoms with Gasteiger partial charge >= 0.3 is 0 Å². The molecular weight excluding hydrogens is 96.1 g/mol. The molecule has 2 fully saturated rings. The van der Waals surface area contributed by atoms with Crippen LogP contribution in [0, 0.1) is 23.7 Å². The van der Waals surface area contributed by atoms with E-state index in [9.17, 15) is 0 Å². The van der Waals surface area contributed by atoms with E-state index in [-0.39, 0.29) is 0 Å². The summed E-state index contributed by atoms with van der Waals surface area (Å²) in [7, 11) is 0. The van der Waals surface area contributed by atoms with Crippen LogP contribution in [0.5, 0.6) is 0 Å². The molecule has 4 atom stereocenters. The lowest BCUT2D eigenvalue weighted by Gasteiger charge is -2.10. The molecule has 8 heavy (non-hydrogen) atoms. The molecule has 0 bridgehead atoms. The monoisotopic (exact) mass is 110 g/mol. The normalized spacial score (nSPS) is 60.8. The number of hydrogen-bond acceptors (Lipinski definition) is 0. The smallest absolute Gasteiger partial charge is 0.0355 e. The fraction of sp³-hybridized carbons (Fsp3) is 1.00. The van der Waals surface area contributed by atoms with Crippen LogP contribution in [0.4, 0.5) is 0 Å². The molecular formula is C8H14. The van der Waals surface area contributed by atoms with E-state index in [1.165, 1.54) is 12.3 Å². The van der Waals surface area contributed by atoms with E-state index in [4.69, 9.17) is 0 Å². The fourth-order valence-electron chi connectivity index (χ4n) is 2.30. The third-order valence-electron chi connectivity index (χ3n) is 3.22. The Kier molecular flexibility index (Phi) is 0.778. The molecule has 0 aromatic heterocycles. The van der Waals surface area contributed by atoms with E-state index in [2.05, 4.69) is 13.8 Å². The van der Waals surface area contributed by atoms with Crippen LogP contribution in [0.25, 0.3) is 0 Å². The highest BCUT2D eigenvalue weighted by atomic mass is 14.5. The SMILES string of the molecule is CC1CC2C[C@@H]2[C@H]1C. The lowest BCUT2D eigenvalue weighted by atomic mass is 9.95. The molecule has 2 aliphatic carbocycles. The van der Waals surface area contributed by atoms with Crippen molar-refractivity contribution in [2.75, 3.05) is 0 Å². The van der Waals surface area contributed by atoms with Gasteiger partial charge in [-0.3, -0.25) is 0 Å². The van der Waals surface area contributed by atoms with Crippen LogP contribution in [0.3, 0.4) is 0 Å². The highest BCUT2D eigenvalue weighted by Crippen LogP contribution is 2.57. The molecule has 0 radical (unpaired) electrons. The maximum Gasteiger partial charge on any atom is -0.0355 e. The molecule has 0 aromatic carbocycles. The van der Waals surface area contributed by atoms with Gasteiger partial charge in [-0.2, -0.15) is 0 Å². The fourth-order valence-corrected chi connectivity index (χ4v) is 2.30. The lowest BCUT2D eigenvalue weighted by Crippen LogP contribution is -2.02. The van der Waals surface area contributed by atoms with Crippen LogP contribution in [0.1, 0.15) is 26.7 Å². The summed E-state index contributed by atoms with van der Waals surface area (Å²) in [5.74, 6) is 4.42. The molecule has 46 valence electrons. The first-order valence-electron chi connectivity index (χ1n) is 3.79. The van der Waals surface area contributed by atoms with Crippen molar-refractivity contribution >= 4 is 0 Å². The van der Waals surface area contributed by atoms with Gasteiger partial charge in [0.15, 0.2) is 0 Å². The predicted octanol–water partition coefficient (Wildman–Crippen LogP) is 2.30. The number of fused-ring (bicyclic) bond motifs is 1. The van der Waals surface area contributed by atoms with Gasteiger partial charge in [0.05, 0.1) is 0 Å². The molecule has 0 amide bonds. The van der Waals surface area contributed by atoms with Crippen molar-refractivity contribution in [1.29, 1.82) is 0 Å². The Labute approximate surface area is 51.3 Å². The Hall–Kier alpha value is 0. The second-order valence-corrected chi connectivity index (χ2v) is 3.73. The summed E-state index contributed by atoms with van der Waals surface area (Å²) in [6.07, 6.45) is 3.09. The van der Waals surface area contributed by atoms with Gasteiger partial charge in [-0.25, -0.2) is 0 Å². The molecule has 2 aliphatic rings. The Morgan fingerprint density at radius 2 is 1.88 bits per heavy atom. The van der Waals surface area contributed by atoms with Crippen molar-refractivity contribution in [3.63, 3.8) is 0 Å². The summed E-state index contributed by atoms with van der Waals surface area (Å²) in [5.41, 5.74) is 0. The van der Waals surface area contributed by atoms with Gasteiger partial charge in [-0.15, -0.1) is 0 Å². The summed E-state index contributed by atoms with van der Waals surface area (Å²) in [5, 5.41) is 0. The van der Waals surface area contributed by atoms with Crippen molar-refractivity contribution in [2.24, 2.45) is 23.7 Å². The van der Waals surface area contributed by atoms with Crippen molar-refractivity contribution in [2.45, 2.75) is 26.7 Å². The molecule has 0 spiro atoms. The summed E-state index contributed by atoms with van der Waals surface area (Å²) < 4.78 is 0. The molecule has 0 aromatic rings. The Balaban J connectivity index is 2.08. The van der Waals surface area contributed by atoms with Crippen LogP contribution in [-0.2, 0) is 0 Å². The maximum atomic E-state index is 2.42. The van der Waals surface area contributed by atoms with Crippen LogP contribution >= 0.6 is 0 Å². The Morgan fingerprint density at radius 1 is 1.12 bits per heavy atom. The molecule has 0 N–H and O–H groups in total. The standard InChI is InChI=1S/C8H14/c1-5-3-7-4-8(7)6(5)2/h5-8H,3-4H2,1-2H3/t5?,6-,7?,8+/m0/s1. The summed E-state index contributed by atoms with van der Waals surface area (Å²) in [6.45, 7) is 4.82. The first kappa shape index (κ1) is 4.84. The minimum atomic E-state index is 1.04. The summed E-state index contributed by atoms with van der Waals surface area (Å²) in [6, 6.07) is 0. The lowest BCUT2D eigenvalue weighted by molar-refractivity contribution is 0.394. The van der Waals surface area contributed by atoms with Crippen LogP contribution in [0.2, 0.25) is 0 Å². The minimum Gasteiger partial charge on any atom is -0.0622 e. The largest absolute Gasteiger partial charge is 0.0622 e. The zero-order valence-corrected chi connectivity index (χ0v) is 5.72. The molecule has 2 saturated carbocycles. The average molecular weight is 110 g/mol. The first-order chi connectivity index (χ1) is 3.79.